The summed E-state index contributed by atoms with van der Waals surface area (Å²) in [5.74, 6) is 0.218. The highest BCUT2D eigenvalue weighted by Crippen LogP contribution is 2.44. The first-order chi connectivity index (χ1) is 13.6. The number of aliphatic hydroxyl groups is 1. The molecule has 0 aromatic heterocycles. The third kappa shape index (κ3) is 4.90. The quantitative estimate of drug-likeness (QED) is 0.617. The summed E-state index contributed by atoms with van der Waals surface area (Å²) in [7, 11) is 1.68. The molecule has 2 aromatic rings. The number of rotatable bonds is 9. The van der Waals surface area contributed by atoms with Crippen molar-refractivity contribution in [1.82, 2.24) is 5.32 Å². The fraction of sp³-hybridized carbons (Fsp3) is 0.478. The molecule has 4 nitrogen and oxygen atoms in total. The number of halogens is 1. The third-order valence-electron chi connectivity index (χ3n) is 5.53. The van der Waals surface area contributed by atoms with Crippen LogP contribution in [0.25, 0.3) is 0 Å². The monoisotopic (exact) mass is 387 g/mol. The molecular formula is C23H30FNO3. The zero-order valence-electron chi connectivity index (χ0n) is 16.5. The number of piperidine rings is 1. The average molecular weight is 387 g/mol. The maximum absolute atomic E-state index is 14.8. The van der Waals surface area contributed by atoms with Gasteiger partial charge in [-0.25, -0.2) is 4.39 Å². The zero-order valence-corrected chi connectivity index (χ0v) is 16.5. The van der Waals surface area contributed by atoms with E-state index in [2.05, 4.69) is 5.32 Å². The van der Waals surface area contributed by atoms with Gasteiger partial charge in [0.1, 0.15) is 5.75 Å². The predicted molar refractivity (Wildman–Crippen MR) is 108 cm³/mol. The molecular weight excluding hydrogens is 357 g/mol. The SMILES string of the molecule is COCCCC[C@@](O)(c1cccc(F)c1Oc1ccccc1)[C@@H]1CCCNC1. The van der Waals surface area contributed by atoms with Crippen molar-refractivity contribution >= 4 is 0 Å². The minimum absolute atomic E-state index is 0.00344. The fourth-order valence-corrected chi connectivity index (χ4v) is 4.02. The summed E-state index contributed by atoms with van der Waals surface area (Å²) in [4.78, 5) is 0. The Morgan fingerprint density at radius 1 is 1.14 bits per heavy atom. The van der Waals surface area contributed by atoms with Crippen LogP contribution in [0, 0.1) is 11.7 Å². The van der Waals surface area contributed by atoms with E-state index in [-0.39, 0.29) is 11.7 Å². The molecule has 0 unspecified atom stereocenters. The van der Waals surface area contributed by atoms with Crippen LogP contribution in [0.4, 0.5) is 4.39 Å². The van der Waals surface area contributed by atoms with Gasteiger partial charge in [0.05, 0.1) is 5.60 Å². The maximum Gasteiger partial charge on any atom is 0.169 e. The molecule has 1 aliphatic rings. The molecule has 5 heteroatoms. The third-order valence-corrected chi connectivity index (χ3v) is 5.53. The summed E-state index contributed by atoms with van der Waals surface area (Å²) >= 11 is 0. The van der Waals surface area contributed by atoms with E-state index in [1.807, 2.05) is 18.2 Å². The fourth-order valence-electron chi connectivity index (χ4n) is 4.02. The van der Waals surface area contributed by atoms with Crippen molar-refractivity contribution in [2.45, 2.75) is 37.7 Å². The molecule has 28 heavy (non-hydrogen) atoms. The van der Waals surface area contributed by atoms with Gasteiger partial charge in [-0.05, 0) is 56.8 Å². The van der Waals surface area contributed by atoms with Gasteiger partial charge in [0.25, 0.3) is 0 Å². The number of unbranched alkanes of at least 4 members (excludes halogenated alkanes) is 1. The van der Waals surface area contributed by atoms with E-state index in [1.165, 1.54) is 6.07 Å². The summed E-state index contributed by atoms with van der Waals surface area (Å²) in [5, 5.41) is 15.2. The molecule has 1 heterocycles. The Bertz CT molecular complexity index is 734. The Morgan fingerprint density at radius 2 is 1.96 bits per heavy atom. The number of methoxy groups -OCH3 is 1. The Morgan fingerprint density at radius 3 is 2.68 bits per heavy atom. The molecule has 1 fully saturated rings. The summed E-state index contributed by atoms with van der Waals surface area (Å²) in [5.41, 5.74) is -0.629. The molecule has 0 saturated carbocycles. The van der Waals surface area contributed by atoms with Crippen molar-refractivity contribution in [1.29, 1.82) is 0 Å². The molecule has 2 aromatic carbocycles. The highest BCUT2D eigenvalue weighted by atomic mass is 19.1. The van der Waals surface area contributed by atoms with E-state index in [4.69, 9.17) is 9.47 Å². The van der Waals surface area contributed by atoms with Crippen molar-refractivity contribution < 1.29 is 19.0 Å². The van der Waals surface area contributed by atoms with Crippen LogP contribution in [-0.2, 0) is 10.3 Å². The van der Waals surface area contributed by atoms with Crippen molar-refractivity contribution in [3.05, 3.63) is 59.9 Å². The molecule has 0 amide bonds. The molecule has 0 radical (unpaired) electrons. The number of para-hydroxylation sites is 2. The van der Waals surface area contributed by atoms with Gasteiger partial charge in [0, 0.05) is 31.7 Å². The van der Waals surface area contributed by atoms with Crippen LogP contribution in [0.5, 0.6) is 11.5 Å². The first kappa shape index (κ1) is 20.8. The summed E-state index contributed by atoms with van der Waals surface area (Å²) in [6, 6.07) is 14.0. The van der Waals surface area contributed by atoms with E-state index in [1.54, 1.807) is 31.4 Å². The van der Waals surface area contributed by atoms with E-state index in [0.29, 0.717) is 30.9 Å². The van der Waals surface area contributed by atoms with Gasteiger partial charge in [-0.15, -0.1) is 0 Å². The molecule has 3 rings (SSSR count). The predicted octanol–water partition coefficient (Wildman–Crippen LogP) is 4.62. The van der Waals surface area contributed by atoms with Crippen molar-refractivity contribution in [3.8, 4) is 11.5 Å². The second kappa shape index (κ2) is 10.0. The molecule has 0 bridgehead atoms. The van der Waals surface area contributed by atoms with E-state index >= 15 is 0 Å². The second-order valence-corrected chi connectivity index (χ2v) is 7.45. The molecule has 1 saturated heterocycles. The Labute approximate surface area is 166 Å². The number of hydrogen-bond acceptors (Lipinski definition) is 4. The normalized spacial score (nSPS) is 19.2. The van der Waals surface area contributed by atoms with Gasteiger partial charge < -0.3 is 19.9 Å². The summed E-state index contributed by atoms with van der Waals surface area (Å²) in [6.45, 7) is 2.31. The molecule has 0 spiro atoms. The van der Waals surface area contributed by atoms with Crippen LogP contribution in [0.15, 0.2) is 48.5 Å². The van der Waals surface area contributed by atoms with Crippen molar-refractivity contribution in [3.63, 3.8) is 0 Å². The van der Waals surface area contributed by atoms with Crippen molar-refractivity contribution in [2.75, 3.05) is 26.8 Å². The molecule has 0 aliphatic carbocycles. The first-order valence-electron chi connectivity index (χ1n) is 10.1. The number of hydrogen-bond donors (Lipinski definition) is 2. The van der Waals surface area contributed by atoms with Crippen LogP contribution in [-0.4, -0.2) is 31.9 Å². The largest absolute Gasteiger partial charge is 0.454 e. The van der Waals surface area contributed by atoms with E-state index in [0.717, 1.165) is 32.2 Å². The zero-order chi connectivity index (χ0) is 19.8. The molecule has 152 valence electrons. The van der Waals surface area contributed by atoms with Gasteiger partial charge in [-0.2, -0.15) is 0 Å². The van der Waals surface area contributed by atoms with Gasteiger partial charge >= 0.3 is 0 Å². The van der Waals surface area contributed by atoms with Crippen LogP contribution in [0.2, 0.25) is 0 Å². The maximum atomic E-state index is 14.8. The van der Waals surface area contributed by atoms with Crippen LogP contribution >= 0.6 is 0 Å². The minimum atomic E-state index is -1.16. The van der Waals surface area contributed by atoms with Crippen LogP contribution in [0.1, 0.15) is 37.7 Å². The molecule has 2 atom stereocenters. The molecule has 1 aliphatic heterocycles. The lowest BCUT2D eigenvalue weighted by Crippen LogP contribution is -2.44. The molecule has 2 N–H and O–H groups in total. The van der Waals surface area contributed by atoms with Gasteiger partial charge in [0.2, 0.25) is 0 Å². The minimum Gasteiger partial charge on any atom is -0.454 e. The Kier molecular flexibility index (Phi) is 7.43. The number of benzene rings is 2. The highest BCUT2D eigenvalue weighted by molar-refractivity contribution is 5.43. The van der Waals surface area contributed by atoms with Crippen LogP contribution < -0.4 is 10.1 Å². The first-order valence-corrected chi connectivity index (χ1v) is 10.1. The lowest BCUT2D eigenvalue weighted by atomic mass is 9.74. The Balaban J connectivity index is 1.95. The summed E-state index contributed by atoms with van der Waals surface area (Å²) in [6.07, 6.45) is 4.08. The van der Waals surface area contributed by atoms with Gasteiger partial charge in [-0.1, -0.05) is 30.3 Å². The van der Waals surface area contributed by atoms with Gasteiger partial charge in [-0.3, -0.25) is 0 Å². The van der Waals surface area contributed by atoms with Crippen molar-refractivity contribution in [2.24, 2.45) is 5.92 Å². The smallest absolute Gasteiger partial charge is 0.169 e. The standard InChI is InChI=1S/C23H30FNO3/c1-27-16-6-5-14-23(26,18-9-8-15-25-17-18)20-12-7-13-21(24)22(20)28-19-10-3-2-4-11-19/h2-4,7,10-13,18,25-26H,5-6,8-9,14-17H2,1H3/t18-,23+/m1/s1. The highest BCUT2D eigenvalue weighted by Gasteiger charge is 2.41. The average Bonchev–Trinajstić information content (AvgIpc) is 2.74. The lowest BCUT2D eigenvalue weighted by Gasteiger charge is -2.40. The topological polar surface area (TPSA) is 50.7 Å². The second-order valence-electron chi connectivity index (χ2n) is 7.45. The number of nitrogens with one attached hydrogen (secondary N) is 1. The Hall–Kier alpha value is -1.95. The van der Waals surface area contributed by atoms with Gasteiger partial charge in [0.15, 0.2) is 11.6 Å². The van der Waals surface area contributed by atoms with E-state index < -0.39 is 11.4 Å². The van der Waals surface area contributed by atoms with E-state index in [9.17, 15) is 9.50 Å². The number of ether oxygens (including phenoxy) is 2. The lowest BCUT2D eigenvalue weighted by molar-refractivity contribution is -0.0450. The van der Waals surface area contributed by atoms with Crippen LogP contribution in [0.3, 0.4) is 0 Å². The summed E-state index contributed by atoms with van der Waals surface area (Å²) < 4.78 is 25.9.